The van der Waals surface area contributed by atoms with E-state index in [0.717, 1.165) is 6.07 Å². The minimum absolute atomic E-state index is 0.203. The molecule has 4 nitrogen and oxygen atoms in total. The van der Waals surface area contributed by atoms with Crippen molar-refractivity contribution >= 4 is 5.95 Å². The molecule has 2 aromatic rings. The van der Waals surface area contributed by atoms with Crippen LogP contribution >= 0.6 is 0 Å². The maximum atomic E-state index is 13.5. The van der Waals surface area contributed by atoms with Gasteiger partial charge in [0.15, 0.2) is 11.6 Å². The summed E-state index contributed by atoms with van der Waals surface area (Å²) in [5.41, 5.74) is 0.267. The van der Waals surface area contributed by atoms with Gasteiger partial charge >= 0.3 is 0 Å². The maximum Gasteiger partial charge on any atom is 0.224 e. The number of hydrogen-bond donors (Lipinski definition) is 1. The first kappa shape index (κ1) is 11.5. The number of benzene rings is 1. The SMILES string of the molecule is CNc1nnc(Cc2cccc(F)c2F)n1C. The highest BCUT2D eigenvalue weighted by atomic mass is 19.2. The Balaban J connectivity index is 2.31. The fraction of sp³-hybridized carbons (Fsp3) is 0.273. The molecule has 1 aromatic heterocycles. The van der Waals surface area contributed by atoms with Crippen LogP contribution in [0.1, 0.15) is 11.4 Å². The summed E-state index contributed by atoms with van der Waals surface area (Å²) < 4.78 is 28.2. The van der Waals surface area contributed by atoms with E-state index >= 15 is 0 Å². The number of rotatable bonds is 3. The van der Waals surface area contributed by atoms with Crippen molar-refractivity contribution in [3.63, 3.8) is 0 Å². The number of aromatic nitrogens is 3. The van der Waals surface area contributed by atoms with Crippen molar-refractivity contribution in [3.05, 3.63) is 41.2 Å². The molecule has 0 bridgehead atoms. The van der Waals surface area contributed by atoms with Gasteiger partial charge in [0.25, 0.3) is 0 Å². The summed E-state index contributed by atoms with van der Waals surface area (Å²) in [6.07, 6.45) is 0.203. The molecule has 0 fully saturated rings. The second kappa shape index (κ2) is 4.48. The molecule has 0 saturated heterocycles. The smallest absolute Gasteiger partial charge is 0.224 e. The van der Waals surface area contributed by atoms with Crippen molar-refractivity contribution in [2.24, 2.45) is 7.05 Å². The molecule has 1 heterocycles. The Morgan fingerprint density at radius 1 is 1.29 bits per heavy atom. The van der Waals surface area contributed by atoms with E-state index < -0.39 is 11.6 Å². The minimum Gasteiger partial charge on any atom is -0.357 e. The van der Waals surface area contributed by atoms with E-state index in [2.05, 4.69) is 15.5 Å². The van der Waals surface area contributed by atoms with E-state index in [1.54, 1.807) is 18.7 Å². The van der Waals surface area contributed by atoms with Gasteiger partial charge in [-0.25, -0.2) is 8.78 Å². The molecule has 0 spiro atoms. The normalized spacial score (nSPS) is 10.6. The number of halogens is 2. The van der Waals surface area contributed by atoms with Crippen molar-refractivity contribution in [1.82, 2.24) is 14.8 Å². The molecule has 0 aliphatic rings. The van der Waals surface area contributed by atoms with E-state index in [9.17, 15) is 8.78 Å². The van der Waals surface area contributed by atoms with Gasteiger partial charge in [-0.2, -0.15) is 0 Å². The third-order valence-electron chi connectivity index (χ3n) is 2.57. The van der Waals surface area contributed by atoms with Gasteiger partial charge in [-0.1, -0.05) is 12.1 Å². The molecule has 17 heavy (non-hydrogen) atoms. The fourth-order valence-corrected chi connectivity index (χ4v) is 1.59. The third-order valence-corrected chi connectivity index (χ3v) is 2.57. The summed E-state index contributed by atoms with van der Waals surface area (Å²) in [5.74, 6) is -0.532. The first-order chi connectivity index (χ1) is 8.13. The number of nitrogens with zero attached hydrogens (tertiary/aromatic N) is 3. The average Bonchev–Trinajstić information content (AvgIpc) is 2.66. The van der Waals surface area contributed by atoms with E-state index in [4.69, 9.17) is 0 Å². The molecule has 0 unspecified atom stereocenters. The number of hydrogen-bond acceptors (Lipinski definition) is 3. The Morgan fingerprint density at radius 3 is 2.71 bits per heavy atom. The molecule has 0 aliphatic carbocycles. The highest BCUT2D eigenvalue weighted by molar-refractivity contribution is 5.27. The molecule has 1 N–H and O–H groups in total. The van der Waals surface area contributed by atoms with E-state index in [1.165, 1.54) is 12.1 Å². The van der Waals surface area contributed by atoms with Crippen LogP contribution in [0, 0.1) is 11.6 Å². The Bertz CT molecular complexity index is 536. The topological polar surface area (TPSA) is 42.7 Å². The largest absolute Gasteiger partial charge is 0.357 e. The monoisotopic (exact) mass is 238 g/mol. The van der Waals surface area contributed by atoms with Gasteiger partial charge in [0.2, 0.25) is 5.95 Å². The summed E-state index contributed by atoms with van der Waals surface area (Å²) in [4.78, 5) is 0. The van der Waals surface area contributed by atoms with Crippen molar-refractivity contribution in [2.45, 2.75) is 6.42 Å². The minimum atomic E-state index is -0.849. The van der Waals surface area contributed by atoms with Gasteiger partial charge < -0.3 is 9.88 Å². The standard InChI is InChI=1S/C11H12F2N4/c1-14-11-16-15-9(17(11)2)6-7-4-3-5-8(12)10(7)13/h3-5H,6H2,1-2H3,(H,14,16). The summed E-state index contributed by atoms with van der Waals surface area (Å²) in [6.45, 7) is 0. The summed E-state index contributed by atoms with van der Waals surface area (Å²) in [7, 11) is 3.48. The van der Waals surface area contributed by atoms with Crippen molar-refractivity contribution in [3.8, 4) is 0 Å². The molecule has 90 valence electrons. The molecule has 0 amide bonds. The van der Waals surface area contributed by atoms with Gasteiger partial charge in [-0.15, -0.1) is 10.2 Å². The van der Waals surface area contributed by atoms with Crippen LogP contribution in [-0.4, -0.2) is 21.8 Å². The van der Waals surface area contributed by atoms with Gasteiger partial charge in [-0.05, 0) is 11.6 Å². The van der Waals surface area contributed by atoms with Crippen LogP contribution < -0.4 is 5.32 Å². The summed E-state index contributed by atoms with van der Waals surface area (Å²) in [6, 6.07) is 4.10. The lowest BCUT2D eigenvalue weighted by Crippen LogP contribution is -2.04. The number of nitrogens with one attached hydrogen (secondary N) is 1. The zero-order chi connectivity index (χ0) is 12.4. The molecule has 6 heteroatoms. The van der Waals surface area contributed by atoms with Crippen LogP contribution in [0.25, 0.3) is 0 Å². The zero-order valence-electron chi connectivity index (χ0n) is 9.54. The Labute approximate surface area is 97.3 Å². The Hall–Kier alpha value is -1.98. The van der Waals surface area contributed by atoms with Crippen LogP contribution in [0.4, 0.5) is 14.7 Å². The molecular weight excluding hydrogens is 226 g/mol. The zero-order valence-corrected chi connectivity index (χ0v) is 9.54. The lowest BCUT2D eigenvalue weighted by atomic mass is 10.1. The molecule has 0 saturated carbocycles. The molecular formula is C11H12F2N4. The van der Waals surface area contributed by atoms with Crippen LogP contribution in [-0.2, 0) is 13.5 Å². The van der Waals surface area contributed by atoms with Crippen LogP contribution in [0.2, 0.25) is 0 Å². The van der Waals surface area contributed by atoms with Gasteiger partial charge in [0.05, 0.1) is 0 Å². The highest BCUT2D eigenvalue weighted by Crippen LogP contribution is 2.15. The van der Waals surface area contributed by atoms with Gasteiger partial charge in [0, 0.05) is 20.5 Å². The number of anilines is 1. The third kappa shape index (κ3) is 2.11. The van der Waals surface area contributed by atoms with Crippen LogP contribution in [0.5, 0.6) is 0 Å². The molecule has 0 atom stereocenters. The van der Waals surface area contributed by atoms with Crippen molar-refractivity contribution < 1.29 is 8.78 Å². The highest BCUT2D eigenvalue weighted by Gasteiger charge is 2.12. The summed E-state index contributed by atoms with van der Waals surface area (Å²) in [5, 5.41) is 10.6. The second-order valence-electron chi connectivity index (χ2n) is 3.64. The van der Waals surface area contributed by atoms with Gasteiger partial charge in [-0.3, -0.25) is 0 Å². The van der Waals surface area contributed by atoms with E-state index in [-0.39, 0.29) is 12.0 Å². The van der Waals surface area contributed by atoms with E-state index in [0.29, 0.717) is 11.8 Å². The predicted octanol–water partition coefficient (Wildman–Crippen LogP) is 1.73. The average molecular weight is 238 g/mol. The lowest BCUT2D eigenvalue weighted by Gasteiger charge is -2.04. The molecule has 1 aromatic carbocycles. The van der Waals surface area contributed by atoms with E-state index in [1.807, 2.05) is 0 Å². The predicted molar refractivity (Wildman–Crippen MR) is 59.7 cm³/mol. The van der Waals surface area contributed by atoms with Crippen molar-refractivity contribution in [1.29, 1.82) is 0 Å². The first-order valence-corrected chi connectivity index (χ1v) is 5.12. The molecule has 0 radical (unpaired) electrons. The first-order valence-electron chi connectivity index (χ1n) is 5.12. The fourth-order valence-electron chi connectivity index (χ4n) is 1.59. The maximum absolute atomic E-state index is 13.5. The van der Waals surface area contributed by atoms with Crippen LogP contribution in [0.15, 0.2) is 18.2 Å². The van der Waals surface area contributed by atoms with Crippen molar-refractivity contribution in [2.75, 3.05) is 12.4 Å². The Morgan fingerprint density at radius 2 is 2.06 bits per heavy atom. The quantitative estimate of drug-likeness (QED) is 0.885. The molecule has 0 aliphatic heterocycles. The lowest BCUT2D eigenvalue weighted by molar-refractivity contribution is 0.499. The Kier molecular flexibility index (Phi) is 3.03. The summed E-state index contributed by atoms with van der Waals surface area (Å²) >= 11 is 0. The molecule has 2 rings (SSSR count). The second-order valence-corrected chi connectivity index (χ2v) is 3.64. The van der Waals surface area contributed by atoms with Gasteiger partial charge in [0.1, 0.15) is 5.82 Å². The van der Waals surface area contributed by atoms with Crippen LogP contribution in [0.3, 0.4) is 0 Å².